The quantitative estimate of drug-likeness (QED) is 0.626. The van der Waals surface area contributed by atoms with Crippen LogP contribution in [0.2, 0.25) is 0 Å². The van der Waals surface area contributed by atoms with Crippen molar-refractivity contribution in [1.82, 2.24) is 15.5 Å². The fourth-order valence-electron chi connectivity index (χ4n) is 2.00. The second-order valence-corrected chi connectivity index (χ2v) is 4.85. The third kappa shape index (κ3) is 6.08. The van der Waals surface area contributed by atoms with Crippen molar-refractivity contribution in [2.45, 2.75) is 38.1 Å². The maximum Gasteiger partial charge on any atom is 0.221 e. The van der Waals surface area contributed by atoms with Gasteiger partial charge in [0.05, 0.1) is 0 Å². The molecule has 2 N–H and O–H groups in total. The van der Waals surface area contributed by atoms with E-state index in [9.17, 15) is 4.79 Å². The lowest BCUT2D eigenvalue weighted by Crippen LogP contribution is -2.35. The molecule has 0 atom stereocenters. The van der Waals surface area contributed by atoms with E-state index < -0.39 is 0 Å². The van der Waals surface area contributed by atoms with Crippen molar-refractivity contribution < 1.29 is 4.79 Å². The van der Waals surface area contributed by atoms with Crippen LogP contribution in [0.4, 0.5) is 0 Å². The summed E-state index contributed by atoms with van der Waals surface area (Å²) in [6, 6.07) is 0.453. The van der Waals surface area contributed by atoms with Gasteiger partial charge in [-0.2, -0.15) is 0 Å². The molecule has 0 heterocycles. The Hall–Kier alpha value is -0.610. The number of nitrogens with zero attached hydrogens (tertiary/aromatic N) is 1. The molecule has 0 unspecified atom stereocenters. The number of rotatable bonds is 7. The predicted molar refractivity (Wildman–Crippen MR) is 66.4 cm³/mol. The SMILES string of the molecule is CN(C)CCNCCC(=O)NC1CCCC1. The molecular formula is C12H25N3O. The molecule has 4 nitrogen and oxygen atoms in total. The van der Waals surface area contributed by atoms with Crippen LogP contribution in [-0.2, 0) is 4.79 Å². The van der Waals surface area contributed by atoms with E-state index in [0.717, 1.165) is 19.6 Å². The molecule has 1 saturated carbocycles. The van der Waals surface area contributed by atoms with Crippen molar-refractivity contribution in [1.29, 1.82) is 0 Å². The van der Waals surface area contributed by atoms with Crippen LogP contribution >= 0.6 is 0 Å². The highest BCUT2D eigenvalue weighted by molar-refractivity contribution is 5.76. The zero-order chi connectivity index (χ0) is 11.8. The van der Waals surface area contributed by atoms with Gasteiger partial charge in [0.15, 0.2) is 0 Å². The van der Waals surface area contributed by atoms with Gasteiger partial charge in [0.1, 0.15) is 0 Å². The third-order valence-electron chi connectivity index (χ3n) is 2.98. The van der Waals surface area contributed by atoms with Crippen molar-refractivity contribution in [3.05, 3.63) is 0 Å². The fraction of sp³-hybridized carbons (Fsp3) is 0.917. The lowest BCUT2D eigenvalue weighted by molar-refractivity contribution is -0.121. The van der Waals surface area contributed by atoms with Gasteiger partial charge in [-0.25, -0.2) is 0 Å². The molecule has 1 fully saturated rings. The molecule has 4 heteroatoms. The van der Waals surface area contributed by atoms with Crippen LogP contribution < -0.4 is 10.6 Å². The molecule has 1 amide bonds. The van der Waals surface area contributed by atoms with Crippen LogP contribution in [0.15, 0.2) is 0 Å². The number of hydrogen-bond acceptors (Lipinski definition) is 3. The van der Waals surface area contributed by atoms with Crippen LogP contribution in [0.25, 0.3) is 0 Å². The molecule has 0 radical (unpaired) electrons. The van der Waals surface area contributed by atoms with Crippen LogP contribution in [0.3, 0.4) is 0 Å². The molecule has 0 saturated heterocycles. The molecule has 94 valence electrons. The highest BCUT2D eigenvalue weighted by Crippen LogP contribution is 2.17. The molecular weight excluding hydrogens is 202 g/mol. The Morgan fingerprint density at radius 2 is 1.94 bits per heavy atom. The summed E-state index contributed by atoms with van der Waals surface area (Å²) in [5.41, 5.74) is 0. The lowest BCUT2D eigenvalue weighted by Gasteiger charge is -2.13. The van der Waals surface area contributed by atoms with Gasteiger partial charge >= 0.3 is 0 Å². The highest BCUT2D eigenvalue weighted by atomic mass is 16.1. The van der Waals surface area contributed by atoms with Crippen molar-refractivity contribution in [2.75, 3.05) is 33.7 Å². The van der Waals surface area contributed by atoms with Gasteiger partial charge in [0.25, 0.3) is 0 Å². The van der Waals surface area contributed by atoms with E-state index in [1.807, 2.05) is 0 Å². The van der Waals surface area contributed by atoms with E-state index >= 15 is 0 Å². The maximum absolute atomic E-state index is 11.5. The van der Waals surface area contributed by atoms with E-state index in [1.165, 1.54) is 25.7 Å². The van der Waals surface area contributed by atoms with Gasteiger partial charge in [0, 0.05) is 32.1 Å². The van der Waals surface area contributed by atoms with Gasteiger partial charge < -0.3 is 15.5 Å². The lowest BCUT2D eigenvalue weighted by atomic mass is 10.2. The molecule has 1 rings (SSSR count). The summed E-state index contributed by atoms with van der Waals surface area (Å²) in [7, 11) is 4.10. The topological polar surface area (TPSA) is 44.4 Å². The van der Waals surface area contributed by atoms with E-state index in [1.54, 1.807) is 0 Å². The number of likely N-dealkylation sites (N-methyl/N-ethyl adjacent to an activating group) is 1. The van der Waals surface area contributed by atoms with Crippen LogP contribution in [-0.4, -0.2) is 50.6 Å². The minimum Gasteiger partial charge on any atom is -0.353 e. The Kier molecular flexibility index (Phi) is 6.42. The fourth-order valence-corrected chi connectivity index (χ4v) is 2.00. The third-order valence-corrected chi connectivity index (χ3v) is 2.98. The normalized spacial score (nSPS) is 16.9. The van der Waals surface area contributed by atoms with E-state index in [0.29, 0.717) is 12.5 Å². The Bertz CT molecular complexity index is 200. The second-order valence-electron chi connectivity index (χ2n) is 4.85. The molecule has 16 heavy (non-hydrogen) atoms. The van der Waals surface area contributed by atoms with Gasteiger partial charge in [0.2, 0.25) is 5.91 Å². The van der Waals surface area contributed by atoms with Crippen molar-refractivity contribution >= 4 is 5.91 Å². The van der Waals surface area contributed by atoms with Crippen molar-refractivity contribution in [3.8, 4) is 0 Å². The van der Waals surface area contributed by atoms with Gasteiger partial charge in [-0.1, -0.05) is 12.8 Å². The smallest absolute Gasteiger partial charge is 0.221 e. The Morgan fingerprint density at radius 3 is 2.56 bits per heavy atom. The Morgan fingerprint density at radius 1 is 1.25 bits per heavy atom. The summed E-state index contributed by atoms with van der Waals surface area (Å²) < 4.78 is 0. The molecule has 0 spiro atoms. The average molecular weight is 227 g/mol. The molecule has 0 aromatic carbocycles. The number of amides is 1. The molecule has 0 aliphatic heterocycles. The van der Waals surface area contributed by atoms with Crippen molar-refractivity contribution in [3.63, 3.8) is 0 Å². The number of nitrogens with one attached hydrogen (secondary N) is 2. The summed E-state index contributed by atoms with van der Waals surface area (Å²) >= 11 is 0. The Labute approximate surface area is 98.8 Å². The summed E-state index contributed by atoms with van der Waals surface area (Å²) in [4.78, 5) is 13.7. The Balaban J connectivity index is 1.93. The average Bonchev–Trinajstić information content (AvgIpc) is 2.69. The summed E-state index contributed by atoms with van der Waals surface area (Å²) in [6.07, 6.45) is 5.47. The summed E-state index contributed by atoms with van der Waals surface area (Å²) in [6.45, 7) is 2.75. The van der Waals surface area contributed by atoms with Crippen LogP contribution in [0, 0.1) is 0 Å². The molecule has 0 bridgehead atoms. The van der Waals surface area contributed by atoms with Gasteiger partial charge in [-0.05, 0) is 26.9 Å². The number of carbonyl (C=O) groups is 1. The number of carbonyl (C=O) groups excluding carboxylic acids is 1. The zero-order valence-electron chi connectivity index (χ0n) is 10.6. The van der Waals surface area contributed by atoms with Crippen LogP contribution in [0.1, 0.15) is 32.1 Å². The monoisotopic (exact) mass is 227 g/mol. The maximum atomic E-state index is 11.5. The standard InChI is InChI=1S/C12H25N3O/c1-15(2)10-9-13-8-7-12(16)14-11-5-3-4-6-11/h11,13H,3-10H2,1-2H3,(H,14,16). The predicted octanol–water partition coefficient (Wildman–Crippen LogP) is 0.587. The minimum atomic E-state index is 0.198. The largest absolute Gasteiger partial charge is 0.353 e. The van der Waals surface area contributed by atoms with Gasteiger partial charge in [-0.15, -0.1) is 0 Å². The number of hydrogen-bond donors (Lipinski definition) is 2. The molecule has 1 aliphatic rings. The first-order valence-electron chi connectivity index (χ1n) is 6.33. The summed E-state index contributed by atoms with van der Waals surface area (Å²) in [5, 5.41) is 6.36. The summed E-state index contributed by atoms with van der Waals surface area (Å²) in [5.74, 6) is 0.198. The first kappa shape index (κ1) is 13.5. The van der Waals surface area contributed by atoms with Crippen LogP contribution in [0.5, 0.6) is 0 Å². The van der Waals surface area contributed by atoms with E-state index in [-0.39, 0.29) is 5.91 Å². The van der Waals surface area contributed by atoms with Gasteiger partial charge in [-0.3, -0.25) is 4.79 Å². The van der Waals surface area contributed by atoms with E-state index in [2.05, 4.69) is 29.6 Å². The van der Waals surface area contributed by atoms with E-state index in [4.69, 9.17) is 0 Å². The molecule has 0 aromatic heterocycles. The van der Waals surface area contributed by atoms with Crippen molar-refractivity contribution in [2.24, 2.45) is 0 Å². The zero-order valence-corrected chi connectivity index (χ0v) is 10.6. The first-order valence-corrected chi connectivity index (χ1v) is 6.33. The highest BCUT2D eigenvalue weighted by Gasteiger charge is 2.16. The first-order chi connectivity index (χ1) is 7.68. The molecule has 1 aliphatic carbocycles. The second kappa shape index (κ2) is 7.63. The molecule has 0 aromatic rings. The minimum absolute atomic E-state index is 0.198.